The van der Waals surface area contributed by atoms with Gasteiger partial charge in [-0.1, -0.05) is 299 Å². The van der Waals surface area contributed by atoms with Gasteiger partial charge in [0, 0.05) is 88.6 Å². The highest BCUT2D eigenvalue weighted by molar-refractivity contribution is 6.05. The Hall–Kier alpha value is -12.3. The fraction of sp³-hybridized carbons (Fsp3) is 0.317. The highest BCUT2D eigenvalue weighted by Crippen LogP contribution is 2.49. The second-order valence-electron chi connectivity index (χ2n) is 45.3. The highest BCUT2D eigenvalue weighted by Gasteiger charge is 2.32. The number of aromatic amines is 4. The first kappa shape index (κ1) is 87.8. The highest BCUT2D eigenvalue weighted by atomic mass is 14.8. The lowest BCUT2D eigenvalue weighted by atomic mass is 9.78. The van der Waals surface area contributed by atoms with E-state index in [1.54, 1.807) is 0 Å². The van der Waals surface area contributed by atoms with Crippen LogP contribution in [0.5, 0.6) is 0 Å². The molecule has 0 atom stereocenters. The smallest absolute Gasteiger partial charge is 0.0737 e. The fourth-order valence-electron chi connectivity index (χ4n) is 19.3. The number of aryl methyl sites for hydroxylation is 6. The van der Waals surface area contributed by atoms with E-state index in [4.69, 9.17) is 19.9 Å². The van der Waals surface area contributed by atoms with Gasteiger partial charge in [-0.2, -0.15) is 0 Å². The third-order valence-electron chi connectivity index (χ3n) is 26.6. The summed E-state index contributed by atoms with van der Waals surface area (Å²) in [5, 5.41) is 0. The Morgan fingerprint density at radius 3 is 0.477 bits per heavy atom. The summed E-state index contributed by atoms with van der Waals surface area (Å²) in [6.07, 6.45) is 18.0. The van der Waals surface area contributed by atoms with E-state index in [0.717, 1.165) is 168 Å². The molecule has 4 aliphatic heterocycles. The molecule has 0 saturated heterocycles. The maximum atomic E-state index is 6.01. The van der Waals surface area contributed by atoms with Crippen LogP contribution in [0.15, 0.2) is 170 Å². The Kier molecular flexibility index (Phi) is 21.5. The molecule has 0 fully saturated rings. The maximum Gasteiger partial charge on any atom is 0.0737 e. The molecule has 4 aliphatic rings. The molecular weight excluding hydrogens is 1550 g/mol. The molecule has 17 rings (SSSR count). The van der Waals surface area contributed by atoms with Crippen molar-refractivity contribution in [3.8, 4) is 89.0 Å². The first-order valence-electron chi connectivity index (χ1n) is 46.1. The second-order valence-corrected chi connectivity index (χ2v) is 45.3. The van der Waals surface area contributed by atoms with E-state index in [1.165, 1.54) is 89.0 Å². The Bertz CT molecular complexity index is 6520. The molecule has 0 aliphatic carbocycles. The number of fused-ring (bicyclic) bond motifs is 16. The minimum Gasteiger partial charge on any atom is -0.354 e. The van der Waals surface area contributed by atoms with E-state index >= 15 is 0 Å². The molecule has 0 radical (unpaired) electrons. The molecule has 13 aromatic rings. The molecule has 16 bridgehead atoms. The summed E-state index contributed by atoms with van der Waals surface area (Å²) in [6.45, 7) is 69.2. The van der Waals surface area contributed by atoms with Gasteiger partial charge in [0.1, 0.15) is 0 Å². The molecule has 128 heavy (non-hydrogen) atoms. The van der Waals surface area contributed by atoms with E-state index < -0.39 is 0 Å². The lowest BCUT2D eigenvalue weighted by Crippen LogP contribution is -2.16. The van der Waals surface area contributed by atoms with Crippen molar-refractivity contribution in [1.82, 2.24) is 39.9 Å². The van der Waals surface area contributed by atoms with Gasteiger partial charge in [-0.15, -0.1) is 0 Å². The third-order valence-corrected chi connectivity index (χ3v) is 26.6. The van der Waals surface area contributed by atoms with Crippen molar-refractivity contribution < 1.29 is 0 Å². The van der Waals surface area contributed by atoms with E-state index in [-0.39, 0.29) is 43.3 Å². The molecule has 0 saturated carbocycles. The van der Waals surface area contributed by atoms with Gasteiger partial charge in [-0.25, -0.2) is 19.9 Å². The summed E-state index contributed by atoms with van der Waals surface area (Å²) in [6, 6.07) is 65.6. The van der Waals surface area contributed by atoms with Gasteiger partial charge < -0.3 is 19.9 Å². The topological polar surface area (TPSA) is 115 Å². The zero-order valence-corrected chi connectivity index (χ0v) is 81.6. The molecule has 6 aromatic heterocycles. The molecule has 650 valence electrons. The predicted octanol–water partition coefficient (Wildman–Crippen LogP) is 33.2. The van der Waals surface area contributed by atoms with Crippen molar-refractivity contribution in [2.45, 2.75) is 251 Å². The summed E-state index contributed by atoms with van der Waals surface area (Å²) >= 11 is 0. The van der Waals surface area contributed by atoms with Crippen LogP contribution in [-0.4, -0.2) is 39.9 Å². The summed E-state index contributed by atoms with van der Waals surface area (Å²) in [5.74, 6) is 0. The van der Waals surface area contributed by atoms with Crippen LogP contribution in [0.2, 0.25) is 0 Å². The molecule has 7 aromatic carbocycles. The first-order chi connectivity index (χ1) is 59.9. The van der Waals surface area contributed by atoms with Crippen LogP contribution in [-0.2, 0) is 43.3 Å². The molecule has 4 N–H and O–H groups in total. The van der Waals surface area contributed by atoms with Crippen molar-refractivity contribution >= 4 is 92.7 Å². The van der Waals surface area contributed by atoms with Gasteiger partial charge in [0.15, 0.2) is 0 Å². The van der Waals surface area contributed by atoms with Gasteiger partial charge in [0.25, 0.3) is 0 Å². The van der Waals surface area contributed by atoms with Crippen LogP contribution in [0.3, 0.4) is 0 Å². The van der Waals surface area contributed by atoms with E-state index in [9.17, 15) is 0 Å². The lowest BCUT2D eigenvalue weighted by molar-refractivity contribution is 0.568. The zero-order chi connectivity index (χ0) is 91.7. The summed E-state index contributed by atoms with van der Waals surface area (Å²) in [5.41, 5.74) is 47.3. The Labute approximate surface area is 761 Å². The Morgan fingerprint density at radius 2 is 0.312 bits per heavy atom. The minimum absolute atomic E-state index is 0.163. The molecular formula is C120H130N8. The second kappa shape index (κ2) is 31.3. The average Bonchev–Trinajstić information content (AvgIpc) is 1.63. The van der Waals surface area contributed by atoms with E-state index in [0.29, 0.717) is 0 Å². The molecule has 0 unspecified atom stereocenters. The van der Waals surface area contributed by atoms with Gasteiger partial charge in [-0.3, -0.25) is 0 Å². The summed E-state index contributed by atoms with van der Waals surface area (Å²) < 4.78 is 0. The number of nitrogens with zero attached hydrogens (tertiary/aromatic N) is 4. The van der Waals surface area contributed by atoms with Crippen LogP contribution in [0.25, 0.3) is 182 Å². The maximum absolute atomic E-state index is 6.01. The van der Waals surface area contributed by atoms with Crippen LogP contribution < -0.4 is 0 Å². The van der Waals surface area contributed by atoms with Crippen molar-refractivity contribution in [3.05, 3.63) is 293 Å². The summed E-state index contributed by atoms with van der Waals surface area (Å²) in [4.78, 5) is 40.6. The largest absolute Gasteiger partial charge is 0.354 e. The molecule has 0 amide bonds. The van der Waals surface area contributed by atoms with Gasteiger partial charge in [-0.05, 0) is 293 Å². The number of nitrogens with one attached hydrogen (secondary N) is 4. The van der Waals surface area contributed by atoms with Crippen molar-refractivity contribution in [1.29, 1.82) is 0 Å². The molecule has 8 nitrogen and oxygen atoms in total. The number of H-pyrrole nitrogens is 4. The van der Waals surface area contributed by atoms with Crippen LogP contribution in [0.4, 0.5) is 0 Å². The Balaban J connectivity index is 0.998. The predicted molar refractivity (Wildman–Crippen MR) is 553 cm³/mol. The van der Waals surface area contributed by atoms with Crippen LogP contribution >= 0.6 is 0 Å². The minimum atomic E-state index is -0.163. The molecule has 8 heteroatoms. The normalized spacial score (nSPS) is 13.4. The Morgan fingerprint density at radius 1 is 0.164 bits per heavy atom. The van der Waals surface area contributed by atoms with Crippen molar-refractivity contribution in [3.63, 3.8) is 0 Å². The van der Waals surface area contributed by atoms with Crippen LogP contribution in [0, 0.1) is 41.5 Å². The molecule has 10 heterocycles. The SMILES string of the molecule is Cc1cc(C)c(-c2c3nc(c(-c4cc(C(C)(C)C)cc(C(C)(C)C)c4)c4ccc([nH]4)c(-c4ccc(-c5c6nc(c(-c7cc(C(C)(C)C)cc(C(C)(C)C)c7)c7ccc([nH]7)c(-c7c(C)cc(C)cc7C)c7nc(c(-c8cc(C(C)(C)C)cc(C(C)(C)C)c8)c8ccc5[nH]8)C=C7)C=C6)cc4)c4nc(c(-c5cc(C(C)(C)C)cc(C(C)(C)C)c5)c5ccc2[nH]5)C=C4)C=C3)c(C)c1. The summed E-state index contributed by atoms with van der Waals surface area (Å²) in [7, 11) is 0. The third kappa shape index (κ3) is 16.8. The number of aromatic nitrogens is 8. The van der Waals surface area contributed by atoms with Crippen LogP contribution in [0.1, 0.15) is 290 Å². The van der Waals surface area contributed by atoms with E-state index in [2.05, 4.69) is 446 Å². The van der Waals surface area contributed by atoms with Gasteiger partial charge in [0.2, 0.25) is 0 Å². The first-order valence-corrected chi connectivity index (χ1v) is 46.1. The number of hydrogen-bond acceptors (Lipinski definition) is 4. The number of rotatable bonds is 8. The fourth-order valence-corrected chi connectivity index (χ4v) is 19.3. The van der Waals surface area contributed by atoms with Crippen molar-refractivity contribution in [2.24, 2.45) is 0 Å². The standard InChI is InChI=1S/C120H130N8/c1-67-51-69(3)103(70(4)52-67)111-99-47-43-95(125-99)107(75-55-79(113(7,8)9)63-80(56-75)114(10,11)12)91-39-35-87(121-91)105(88-36-40-92(122-88)108(96-44-48-100(111)126-96)76-57-81(115(13,14)15)64-82(58-76)116(16,17)18)73-31-33-74(34-32-73)106-89-37-41-93(123-89)109(77-59-83(117(19,20)21)65-84(60-77)118(22,23)24)97-45-49-101(127-97)112(104-71(5)53-68(2)54-72(104)6)102-50-46-98(128-102)110(94-42-38-90(106)124-94)78-61-85(119(25,26)27)66-86(62-78)120(28,29)30/h31-66,121,123,126,128H,1-30H3. The molecule has 0 spiro atoms. The van der Waals surface area contributed by atoms with Gasteiger partial charge in [0.05, 0.1) is 45.6 Å². The quantitative estimate of drug-likeness (QED) is 0.121. The monoisotopic (exact) mass is 1680 g/mol. The number of benzene rings is 7. The van der Waals surface area contributed by atoms with Gasteiger partial charge >= 0.3 is 0 Å². The van der Waals surface area contributed by atoms with E-state index in [1.807, 2.05) is 0 Å². The lowest BCUT2D eigenvalue weighted by Gasteiger charge is -2.26. The average molecular weight is 1680 g/mol. The van der Waals surface area contributed by atoms with Crippen molar-refractivity contribution in [2.75, 3.05) is 0 Å². The zero-order valence-electron chi connectivity index (χ0n) is 81.6. The number of hydrogen-bond donors (Lipinski definition) is 4.